The third-order valence-corrected chi connectivity index (χ3v) is 10.4. The largest absolute Gasteiger partial charge is 0.310 e. The van der Waals surface area contributed by atoms with Crippen LogP contribution in [0.1, 0.15) is 0 Å². The highest BCUT2D eigenvalue weighted by molar-refractivity contribution is 7.26. The van der Waals surface area contributed by atoms with E-state index in [0.717, 1.165) is 34.1 Å². The SMILES string of the molecule is c1ccc(-c2cccc(N(c3ccccc3)c3ccc(N(c4ccccc4)c4ccccc4)c4c3sc3ccc5ccccc5c34)c2)cc1. The minimum atomic E-state index is 1.12. The number of fused-ring (bicyclic) bond motifs is 5. The number of para-hydroxylation sites is 3. The van der Waals surface area contributed by atoms with Crippen LogP contribution in [0.3, 0.4) is 0 Å². The zero-order chi connectivity index (χ0) is 32.6. The maximum absolute atomic E-state index is 2.42. The van der Waals surface area contributed by atoms with Crippen LogP contribution in [0.4, 0.5) is 34.1 Å². The fourth-order valence-electron chi connectivity index (χ4n) is 7.01. The third kappa shape index (κ3) is 5.22. The molecule has 0 amide bonds. The number of thiophene rings is 1. The average Bonchev–Trinajstić information content (AvgIpc) is 3.58. The minimum Gasteiger partial charge on any atom is -0.310 e. The van der Waals surface area contributed by atoms with Crippen molar-refractivity contribution in [3.63, 3.8) is 0 Å². The van der Waals surface area contributed by atoms with Gasteiger partial charge in [0.2, 0.25) is 0 Å². The van der Waals surface area contributed by atoms with Gasteiger partial charge in [0.05, 0.1) is 16.1 Å². The van der Waals surface area contributed by atoms with Gasteiger partial charge in [-0.15, -0.1) is 11.3 Å². The van der Waals surface area contributed by atoms with Crippen molar-refractivity contribution in [2.24, 2.45) is 0 Å². The standard InChI is InChI=1S/C46H32N2S/c1-5-16-33(17-6-1)35-19-15-26-39(32-35)48(38-24-11-4-12-25-38)42-30-29-41(47(36-20-7-2-8-21-36)37-22-9-3-10-23-37)45-44-40-27-14-13-18-34(40)28-31-43(44)49-46(42)45/h1-32H. The zero-order valence-corrected chi connectivity index (χ0v) is 27.6. The van der Waals surface area contributed by atoms with Crippen LogP contribution in [0.2, 0.25) is 0 Å². The molecule has 9 aromatic rings. The van der Waals surface area contributed by atoms with Gasteiger partial charge in [0.15, 0.2) is 0 Å². The Balaban J connectivity index is 1.37. The second kappa shape index (κ2) is 12.5. The van der Waals surface area contributed by atoms with Gasteiger partial charge in [0.1, 0.15) is 0 Å². The number of benzene rings is 8. The lowest BCUT2D eigenvalue weighted by molar-refractivity contribution is 1.28. The van der Waals surface area contributed by atoms with Crippen LogP contribution in [-0.4, -0.2) is 0 Å². The van der Waals surface area contributed by atoms with Crippen molar-refractivity contribution >= 4 is 76.4 Å². The summed E-state index contributed by atoms with van der Waals surface area (Å²) in [6, 6.07) is 69.7. The molecule has 0 unspecified atom stereocenters. The van der Waals surface area contributed by atoms with E-state index in [1.165, 1.54) is 42.1 Å². The van der Waals surface area contributed by atoms with Gasteiger partial charge in [-0.3, -0.25) is 0 Å². The summed E-state index contributed by atoms with van der Waals surface area (Å²) in [6.07, 6.45) is 0. The summed E-state index contributed by atoms with van der Waals surface area (Å²) in [5, 5.41) is 5.05. The number of rotatable bonds is 7. The Morgan fingerprint density at radius 1 is 0.347 bits per heavy atom. The van der Waals surface area contributed by atoms with Gasteiger partial charge < -0.3 is 9.80 Å². The highest BCUT2D eigenvalue weighted by Crippen LogP contribution is 2.52. The first kappa shape index (κ1) is 29.0. The second-order valence-electron chi connectivity index (χ2n) is 12.2. The molecular formula is C46H32N2S. The van der Waals surface area contributed by atoms with Gasteiger partial charge >= 0.3 is 0 Å². The Kier molecular flexibility index (Phi) is 7.38. The maximum atomic E-state index is 2.42. The normalized spacial score (nSPS) is 11.3. The Bertz CT molecular complexity index is 2500. The third-order valence-electron chi connectivity index (χ3n) is 9.20. The predicted molar refractivity (Wildman–Crippen MR) is 212 cm³/mol. The van der Waals surface area contributed by atoms with Gasteiger partial charge in [-0.2, -0.15) is 0 Å². The Morgan fingerprint density at radius 3 is 1.51 bits per heavy atom. The lowest BCUT2D eigenvalue weighted by Gasteiger charge is -2.30. The van der Waals surface area contributed by atoms with E-state index in [1.807, 2.05) is 11.3 Å². The number of nitrogens with zero attached hydrogens (tertiary/aromatic N) is 2. The summed E-state index contributed by atoms with van der Waals surface area (Å²) in [4.78, 5) is 4.83. The summed E-state index contributed by atoms with van der Waals surface area (Å²) in [5.41, 5.74) is 9.18. The van der Waals surface area contributed by atoms with Crippen LogP contribution in [0.25, 0.3) is 42.1 Å². The maximum Gasteiger partial charge on any atom is 0.0641 e. The van der Waals surface area contributed by atoms with Crippen molar-refractivity contribution in [2.45, 2.75) is 0 Å². The summed E-state index contributed by atoms with van der Waals surface area (Å²) >= 11 is 1.87. The van der Waals surface area contributed by atoms with Crippen molar-refractivity contribution in [1.82, 2.24) is 0 Å². The topological polar surface area (TPSA) is 6.48 Å². The van der Waals surface area contributed by atoms with Gasteiger partial charge in [-0.1, -0.05) is 127 Å². The van der Waals surface area contributed by atoms with E-state index in [2.05, 4.69) is 204 Å². The highest BCUT2D eigenvalue weighted by Gasteiger charge is 2.24. The van der Waals surface area contributed by atoms with Crippen LogP contribution in [0.15, 0.2) is 194 Å². The molecule has 0 saturated carbocycles. The second-order valence-corrected chi connectivity index (χ2v) is 13.2. The predicted octanol–water partition coefficient (Wildman–Crippen LogP) is 13.8. The van der Waals surface area contributed by atoms with Crippen LogP contribution < -0.4 is 9.80 Å². The van der Waals surface area contributed by atoms with Crippen LogP contribution in [0.5, 0.6) is 0 Å². The van der Waals surface area contributed by atoms with Gasteiger partial charge in [0, 0.05) is 38.2 Å². The molecule has 232 valence electrons. The molecule has 0 atom stereocenters. The molecule has 49 heavy (non-hydrogen) atoms. The minimum absolute atomic E-state index is 1.12. The lowest BCUT2D eigenvalue weighted by Crippen LogP contribution is -2.12. The van der Waals surface area contributed by atoms with E-state index in [1.54, 1.807) is 0 Å². The van der Waals surface area contributed by atoms with Crippen LogP contribution in [0, 0.1) is 0 Å². The molecule has 0 aliphatic carbocycles. The molecule has 0 radical (unpaired) electrons. The van der Waals surface area contributed by atoms with Gasteiger partial charge in [-0.05, 0) is 88.6 Å². The molecule has 0 aliphatic heterocycles. The van der Waals surface area contributed by atoms with E-state index in [0.29, 0.717) is 0 Å². The molecule has 3 heteroatoms. The Morgan fingerprint density at radius 2 is 0.857 bits per heavy atom. The molecule has 0 aliphatic rings. The van der Waals surface area contributed by atoms with E-state index in [-0.39, 0.29) is 0 Å². The Hall–Kier alpha value is -6.16. The number of hydrogen-bond donors (Lipinski definition) is 0. The smallest absolute Gasteiger partial charge is 0.0641 e. The van der Waals surface area contributed by atoms with Crippen LogP contribution >= 0.6 is 11.3 Å². The van der Waals surface area contributed by atoms with E-state index in [4.69, 9.17) is 0 Å². The molecule has 2 nitrogen and oxygen atoms in total. The van der Waals surface area contributed by atoms with E-state index < -0.39 is 0 Å². The molecule has 1 heterocycles. The van der Waals surface area contributed by atoms with Crippen molar-refractivity contribution in [3.8, 4) is 11.1 Å². The number of hydrogen-bond acceptors (Lipinski definition) is 3. The molecule has 0 bridgehead atoms. The van der Waals surface area contributed by atoms with Gasteiger partial charge in [0.25, 0.3) is 0 Å². The van der Waals surface area contributed by atoms with Crippen molar-refractivity contribution in [2.75, 3.05) is 9.80 Å². The molecule has 0 spiro atoms. The van der Waals surface area contributed by atoms with Crippen molar-refractivity contribution < 1.29 is 0 Å². The molecule has 0 fully saturated rings. The Labute approximate surface area is 290 Å². The molecule has 0 N–H and O–H groups in total. The number of anilines is 6. The first-order valence-corrected chi connectivity index (χ1v) is 17.4. The summed E-state index contributed by atoms with van der Waals surface area (Å²) in [7, 11) is 0. The molecular weight excluding hydrogens is 613 g/mol. The zero-order valence-electron chi connectivity index (χ0n) is 26.8. The molecule has 9 rings (SSSR count). The van der Waals surface area contributed by atoms with E-state index in [9.17, 15) is 0 Å². The fraction of sp³-hybridized carbons (Fsp3) is 0. The first-order valence-electron chi connectivity index (χ1n) is 16.6. The van der Waals surface area contributed by atoms with Gasteiger partial charge in [-0.25, -0.2) is 0 Å². The quantitative estimate of drug-likeness (QED) is 0.170. The monoisotopic (exact) mass is 644 g/mol. The average molecular weight is 645 g/mol. The van der Waals surface area contributed by atoms with Crippen molar-refractivity contribution in [3.05, 3.63) is 194 Å². The molecule has 1 aromatic heterocycles. The summed E-state index contributed by atoms with van der Waals surface area (Å²) in [6.45, 7) is 0. The van der Waals surface area contributed by atoms with E-state index >= 15 is 0 Å². The fourth-order valence-corrected chi connectivity index (χ4v) is 8.26. The highest BCUT2D eigenvalue weighted by atomic mass is 32.1. The molecule has 8 aromatic carbocycles. The summed E-state index contributed by atoms with van der Waals surface area (Å²) in [5.74, 6) is 0. The first-order chi connectivity index (χ1) is 24.3. The molecule has 0 saturated heterocycles. The summed E-state index contributed by atoms with van der Waals surface area (Å²) < 4.78 is 2.52. The van der Waals surface area contributed by atoms with Crippen LogP contribution in [-0.2, 0) is 0 Å². The lowest BCUT2D eigenvalue weighted by atomic mass is 10.0. The van der Waals surface area contributed by atoms with Crippen molar-refractivity contribution in [1.29, 1.82) is 0 Å².